The summed E-state index contributed by atoms with van der Waals surface area (Å²) < 4.78 is 5.13. The first kappa shape index (κ1) is 12.5. The molecule has 18 heavy (non-hydrogen) atoms. The van der Waals surface area contributed by atoms with Gasteiger partial charge in [-0.2, -0.15) is 0 Å². The molecule has 5 heteroatoms. The fourth-order valence-electron chi connectivity index (χ4n) is 1.48. The summed E-state index contributed by atoms with van der Waals surface area (Å²) in [6.07, 6.45) is 1.22. The first-order chi connectivity index (χ1) is 8.56. The maximum atomic E-state index is 10.7. The zero-order valence-electron chi connectivity index (χ0n) is 9.74. The van der Waals surface area contributed by atoms with Crippen LogP contribution in [0.3, 0.4) is 0 Å². The molecule has 0 fully saturated rings. The van der Waals surface area contributed by atoms with Gasteiger partial charge in [-0.3, -0.25) is 0 Å². The van der Waals surface area contributed by atoms with Gasteiger partial charge in [-0.15, -0.1) is 0 Å². The summed E-state index contributed by atoms with van der Waals surface area (Å²) in [5.41, 5.74) is 2.01. The van der Waals surface area contributed by atoms with Crippen molar-refractivity contribution >= 4 is 23.3 Å². The monoisotopic (exact) mass is 265 g/mol. The molecule has 2 aromatic rings. The fraction of sp³-hybridized carbons (Fsp3) is 0.154. The van der Waals surface area contributed by atoms with Crippen LogP contribution < -0.4 is 5.32 Å². The number of nitrogens with one attached hydrogen (secondary N) is 1. The van der Waals surface area contributed by atoms with E-state index >= 15 is 0 Å². The lowest BCUT2D eigenvalue weighted by Crippen LogP contribution is -1.98. The second-order valence-corrected chi connectivity index (χ2v) is 4.33. The molecule has 0 aliphatic carbocycles. The Labute approximate surface area is 109 Å². The fourth-order valence-corrected chi connectivity index (χ4v) is 1.66. The van der Waals surface area contributed by atoms with Gasteiger partial charge in [0, 0.05) is 10.7 Å². The molecular formula is C13H12ClNO3. The van der Waals surface area contributed by atoms with Crippen molar-refractivity contribution in [3.63, 3.8) is 0 Å². The molecular weight excluding hydrogens is 254 g/mol. The Morgan fingerprint density at radius 2 is 2.22 bits per heavy atom. The molecule has 0 atom stereocenters. The zero-order valence-corrected chi connectivity index (χ0v) is 10.5. The van der Waals surface area contributed by atoms with Crippen LogP contribution in [0.2, 0.25) is 5.02 Å². The number of anilines is 1. The lowest BCUT2D eigenvalue weighted by Gasteiger charge is -2.06. The minimum absolute atomic E-state index is 0.147. The van der Waals surface area contributed by atoms with Gasteiger partial charge in [-0.25, -0.2) is 4.79 Å². The molecule has 4 nitrogen and oxygen atoms in total. The molecule has 0 bridgehead atoms. The van der Waals surface area contributed by atoms with E-state index in [1.807, 2.05) is 25.1 Å². The van der Waals surface area contributed by atoms with E-state index in [2.05, 4.69) is 5.32 Å². The average molecular weight is 266 g/mol. The number of carboxylic acids is 1. The highest BCUT2D eigenvalue weighted by Crippen LogP contribution is 2.20. The quantitative estimate of drug-likeness (QED) is 0.887. The molecule has 2 rings (SSSR count). The Bertz CT molecular complexity index is 577. The van der Waals surface area contributed by atoms with Crippen LogP contribution in [0, 0.1) is 6.92 Å². The Balaban J connectivity index is 2.02. The van der Waals surface area contributed by atoms with Crippen molar-refractivity contribution in [2.45, 2.75) is 13.5 Å². The highest BCUT2D eigenvalue weighted by Gasteiger charge is 2.07. The van der Waals surface area contributed by atoms with E-state index in [1.54, 1.807) is 0 Å². The summed E-state index contributed by atoms with van der Waals surface area (Å²) in [7, 11) is 0. The van der Waals surface area contributed by atoms with E-state index in [0.29, 0.717) is 17.3 Å². The first-order valence-corrected chi connectivity index (χ1v) is 5.75. The highest BCUT2D eigenvalue weighted by molar-refractivity contribution is 6.31. The number of furan rings is 1. The highest BCUT2D eigenvalue weighted by atomic mass is 35.5. The molecule has 0 aliphatic heterocycles. The predicted molar refractivity (Wildman–Crippen MR) is 69.2 cm³/mol. The van der Waals surface area contributed by atoms with Crippen LogP contribution in [-0.2, 0) is 6.54 Å². The molecule has 0 spiro atoms. The maximum absolute atomic E-state index is 10.7. The van der Waals surface area contributed by atoms with Gasteiger partial charge < -0.3 is 14.8 Å². The van der Waals surface area contributed by atoms with Crippen LogP contribution in [0.15, 0.2) is 34.9 Å². The van der Waals surface area contributed by atoms with Gasteiger partial charge in [0.05, 0.1) is 12.1 Å². The number of hydrogen-bond acceptors (Lipinski definition) is 3. The molecule has 0 aliphatic rings. The third-order valence-corrected chi connectivity index (χ3v) is 2.95. The second-order valence-electron chi connectivity index (χ2n) is 3.92. The van der Waals surface area contributed by atoms with Crippen molar-refractivity contribution < 1.29 is 14.3 Å². The molecule has 0 amide bonds. The minimum Gasteiger partial charge on any atom is -0.478 e. The number of aryl methyl sites for hydroxylation is 1. The lowest BCUT2D eigenvalue weighted by atomic mass is 10.2. The van der Waals surface area contributed by atoms with Gasteiger partial charge in [0.15, 0.2) is 0 Å². The number of carboxylic acid groups (broad SMARTS) is 1. The van der Waals surface area contributed by atoms with Crippen molar-refractivity contribution in [3.05, 3.63) is 52.4 Å². The van der Waals surface area contributed by atoms with Crippen LogP contribution >= 0.6 is 11.6 Å². The molecule has 0 saturated heterocycles. The van der Waals surface area contributed by atoms with Gasteiger partial charge in [0.1, 0.15) is 12.0 Å². The van der Waals surface area contributed by atoms with E-state index in [0.717, 1.165) is 11.3 Å². The molecule has 0 radical (unpaired) electrons. The summed E-state index contributed by atoms with van der Waals surface area (Å²) in [6, 6.07) is 7.13. The number of aromatic carboxylic acids is 1. The molecule has 0 saturated carbocycles. The van der Waals surface area contributed by atoms with Crippen LogP contribution in [0.1, 0.15) is 21.7 Å². The van der Waals surface area contributed by atoms with Crippen LogP contribution in [-0.4, -0.2) is 11.1 Å². The number of carbonyl (C=O) groups is 1. The summed E-state index contributed by atoms with van der Waals surface area (Å²) >= 11 is 6.00. The summed E-state index contributed by atoms with van der Waals surface area (Å²) in [6.45, 7) is 2.34. The first-order valence-electron chi connectivity index (χ1n) is 5.37. The van der Waals surface area contributed by atoms with Gasteiger partial charge >= 0.3 is 5.97 Å². The number of rotatable bonds is 4. The molecule has 2 N–H and O–H groups in total. The number of benzene rings is 1. The summed E-state index contributed by atoms with van der Waals surface area (Å²) in [4.78, 5) is 10.7. The Kier molecular flexibility index (Phi) is 3.58. The topological polar surface area (TPSA) is 62.5 Å². The average Bonchev–Trinajstić information content (AvgIpc) is 2.79. The van der Waals surface area contributed by atoms with Crippen molar-refractivity contribution in [1.29, 1.82) is 0 Å². The van der Waals surface area contributed by atoms with E-state index < -0.39 is 5.97 Å². The largest absolute Gasteiger partial charge is 0.478 e. The molecule has 1 heterocycles. The van der Waals surface area contributed by atoms with Crippen molar-refractivity contribution in [2.24, 2.45) is 0 Å². The van der Waals surface area contributed by atoms with E-state index in [9.17, 15) is 4.79 Å². The Morgan fingerprint density at radius 1 is 1.44 bits per heavy atom. The molecule has 0 unspecified atom stereocenters. The van der Waals surface area contributed by atoms with Gasteiger partial charge in [-0.1, -0.05) is 17.7 Å². The number of halogens is 1. The van der Waals surface area contributed by atoms with Gasteiger partial charge in [-0.05, 0) is 30.7 Å². The van der Waals surface area contributed by atoms with Crippen molar-refractivity contribution in [3.8, 4) is 0 Å². The Morgan fingerprint density at radius 3 is 2.83 bits per heavy atom. The third kappa shape index (κ3) is 2.84. The maximum Gasteiger partial charge on any atom is 0.338 e. The van der Waals surface area contributed by atoms with Crippen LogP contribution in [0.4, 0.5) is 5.69 Å². The lowest BCUT2D eigenvalue weighted by molar-refractivity contribution is 0.0696. The Hall–Kier alpha value is -1.94. The second kappa shape index (κ2) is 5.14. The van der Waals surface area contributed by atoms with Crippen LogP contribution in [0.5, 0.6) is 0 Å². The van der Waals surface area contributed by atoms with Crippen molar-refractivity contribution in [1.82, 2.24) is 0 Å². The summed E-state index contributed by atoms with van der Waals surface area (Å²) in [5.74, 6) is -0.438. The third-order valence-electron chi connectivity index (χ3n) is 2.54. The smallest absolute Gasteiger partial charge is 0.338 e. The predicted octanol–water partition coefficient (Wildman–Crippen LogP) is 3.55. The van der Waals surface area contributed by atoms with Crippen molar-refractivity contribution in [2.75, 3.05) is 5.32 Å². The van der Waals surface area contributed by atoms with Gasteiger partial charge in [0.2, 0.25) is 0 Å². The zero-order chi connectivity index (χ0) is 13.1. The van der Waals surface area contributed by atoms with E-state index in [1.165, 1.54) is 12.3 Å². The van der Waals surface area contributed by atoms with E-state index in [4.69, 9.17) is 21.1 Å². The summed E-state index contributed by atoms with van der Waals surface area (Å²) in [5, 5.41) is 12.5. The standard InChI is InChI=1S/C13H12ClNO3/c1-8-2-3-10(5-12(8)14)15-6-11-4-9(7-18-11)13(16)17/h2-5,7,15H,6H2,1H3,(H,16,17). The number of hydrogen-bond donors (Lipinski definition) is 2. The van der Waals surface area contributed by atoms with Crippen LogP contribution in [0.25, 0.3) is 0 Å². The molecule has 1 aromatic carbocycles. The molecule has 1 aromatic heterocycles. The normalized spacial score (nSPS) is 10.3. The van der Waals surface area contributed by atoms with E-state index in [-0.39, 0.29) is 5.56 Å². The van der Waals surface area contributed by atoms with Gasteiger partial charge in [0.25, 0.3) is 0 Å². The SMILES string of the molecule is Cc1ccc(NCc2cc(C(=O)O)co2)cc1Cl. The minimum atomic E-state index is -0.997. The molecule has 94 valence electrons.